The molecule has 0 saturated heterocycles. The van der Waals surface area contributed by atoms with Gasteiger partial charge >= 0.3 is 0 Å². The summed E-state index contributed by atoms with van der Waals surface area (Å²) in [4.78, 5) is 0. The van der Waals surface area contributed by atoms with Crippen LogP contribution in [0, 0.1) is 6.92 Å². The molecule has 0 saturated carbocycles. The molecule has 1 unspecified atom stereocenters. The largest absolute Gasteiger partial charge is 0.324 e. The summed E-state index contributed by atoms with van der Waals surface area (Å²) in [5.74, 6) is 0. The van der Waals surface area contributed by atoms with Gasteiger partial charge in [-0.05, 0) is 13.0 Å². The SMILES string of the molecule is Cc1nn(C)cc1C(N)Cc1nn(C)c2ccccc12. The van der Waals surface area contributed by atoms with E-state index >= 15 is 0 Å². The summed E-state index contributed by atoms with van der Waals surface area (Å²) < 4.78 is 3.72. The fourth-order valence-corrected chi connectivity index (χ4v) is 2.74. The Hall–Kier alpha value is -2.14. The number of fused-ring (bicyclic) bond motifs is 1. The highest BCUT2D eigenvalue weighted by molar-refractivity contribution is 5.81. The Morgan fingerprint density at radius 2 is 1.95 bits per heavy atom. The molecule has 0 aliphatic rings. The number of aromatic nitrogens is 4. The lowest BCUT2D eigenvalue weighted by molar-refractivity contribution is 0.678. The minimum absolute atomic E-state index is 0.0815. The molecule has 5 nitrogen and oxygen atoms in total. The average molecular weight is 269 g/mol. The monoisotopic (exact) mass is 269 g/mol. The van der Waals surface area contributed by atoms with Crippen molar-refractivity contribution in [3.05, 3.63) is 47.4 Å². The van der Waals surface area contributed by atoms with Crippen molar-refractivity contribution in [2.24, 2.45) is 19.8 Å². The normalized spacial score (nSPS) is 13.0. The molecular weight excluding hydrogens is 250 g/mol. The van der Waals surface area contributed by atoms with Gasteiger partial charge in [-0.3, -0.25) is 9.36 Å². The minimum atomic E-state index is -0.0815. The Kier molecular flexibility index (Phi) is 3.06. The van der Waals surface area contributed by atoms with Crippen molar-refractivity contribution < 1.29 is 0 Å². The topological polar surface area (TPSA) is 61.7 Å². The van der Waals surface area contributed by atoms with Crippen LogP contribution in [-0.2, 0) is 20.5 Å². The fourth-order valence-electron chi connectivity index (χ4n) is 2.74. The van der Waals surface area contributed by atoms with E-state index in [0.717, 1.165) is 22.5 Å². The van der Waals surface area contributed by atoms with Gasteiger partial charge in [-0.1, -0.05) is 18.2 Å². The van der Waals surface area contributed by atoms with Crippen LogP contribution in [0.3, 0.4) is 0 Å². The van der Waals surface area contributed by atoms with Crippen LogP contribution in [0.25, 0.3) is 10.9 Å². The number of hydrogen-bond acceptors (Lipinski definition) is 3. The van der Waals surface area contributed by atoms with Crippen molar-refractivity contribution in [2.45, 2.75) is 19.4 Å². The Morgan fingerprint density at radius 1 is 1.20 bits per heavy atom. The van der Waals surface area contributed by atoms with Gasteiger partial charge in [0.2, 0.25) is 0 Å². The van der Waals surface area contributed by atoms with E-state index in [4.69, 9.17) is 5.73 Å². The number of nitrogens with zero attached hydrogens (tertiary/aromatic N) is 4. The second kappa shape index (κ2) is 4.76. The molecule has 0 bridgehead atoms. The first-order valence-corrected chi connectivity index (χ1v) is 6.72. The number of para-hydroxylation sites is 1. The zero-order chi connectivity index (χ0) is 14.3. The van der Waals surface area contributed by atoms with Crippen molar-refractivity contribution in [1.29, 1.82) is 0 Å². The second-order valence-corrected chi connectivity index (χ2v) is 5.24. The van der Waals surface area contributed by atoms with E-state index in [9.17, 15) is 0 Å². The van der Waals surface area contributed by atoms with Gasteiger partial charge in [0.15, 0.2) is 0 Å². The number of rotatable bonds is 3. The van der Waals surface area contributed by atoms with Crippen LogP contribution in [-0.4, -0.2) is 19.6 Å². The first-order valence-electron chi connectivity index (χ1n) is 6.72. The minimum Gasteiger partial charge on any atom is -0.324 e. The summed E-state index contributed by atoms with van der Waals surface area (Å²) in [6, 6.07) is 8.16. The molecule has 3 rings (SSSR count). The van der Waals surface area contributed by atoms with E-state index in [2.05, 4.69) is 22.3 Å². The van der Waals surface area contributed by atoms with Gasteiger partial charge in [0, 0.05) is 43.7 Å². The van der Waals surface area contributed by atoms with Crippen molar-refractivity contribution in [1.82, 2.24) is 19.6 Å². The predicted molar refractivity (Wildman–Crippen MR) is 79.3 cm³/mol. The predicted octanol–water partition coefficient (Wildman–Crippen LogP) is 1.86. The molecule has 5 heteroatoms. The quantitative estimate of drug-likeness (QED) is 0.789. The zero-order valence-corrected chi connectivity index (χ0v) is 12.0. The summed E-state index contributed by atoms with van der Waals surface area (Å²) >= 11 is 0. The van der Waals surface area contributed by atoms with Crippen LogP contribution in [0.15, 0.2) is 30.5 Å². The van der Waals surface area contributed by atoms with Crippen molar-refractivity contribution >= 4 is 10.9 Å². The van der Waals surface area contributed by atoms with E-state index in [0.29, 0.717) is 6.42 Å². The molecule has 0 aliphatic carbocycles. The third-order valence-electron chi connectivity index (χ3n) is 3.70. The van der Waals surface area contributed by atoms with Gasteiger partial charge in [0.25, 0.3) is 0 Å². The van der Waals surface area contributed by atoms with Crippen molar-refractivity contribution in [3.63, 3.8) is 0 Å². The lowest BCUT2D eigenvalue weighted by Gasteiger charge is -2.08. The lowest BCUT2D eigenvalue weighted by Crippen LogP contribution is -2.14. The summed E-state index contributed by atoms with van der Waals surface area (Å²) in [6.45, 7) is 1.99. The smallest absolute Gasteiger partial charge is 0.0722 e. The maximum absolute atomic E-state index is 6.34. The Labute approximate surface area is 118 Å². The van der Waals surface area contributed by atoms with Crippen LogP contribution in [0.4, 0.5) is 0 Å². The van der Waals surface area contributed by atoms with Crippen molar-refractivity contribution in [2.75, 3.05) is 0 Å². The molecule has 0 amide bonds. The number of aryl methyl sites for hydroxylation is 3. The molecule has 0 radical (unpaired) electrons. The molecule has 1 aromatic carbocycles. The molecule has 0 aliphatic heterocycles. The molecule has 2 aromatic heterocycles. The van der Waals surface area contributed by atoms with E-state index in [1.165, 1.54) is 5.39 Å². The van der Waals surface area contributed by atoms with E-state index < -0.39 is 0 Å². The average Bonchev–Trinajstić information content (AvgIpc) is 2.91. The molecular formula is C15H19N5. The molecule has 2 N–H and O–H groups in total. The molecule has 20 heavy (non-hydrogen) atoms. The summed E-state index contributed by atoms with van der Waals surface area (Å²) in [5, 5.41) is 10.1. The van der Waals surface area contributed by atoms with Gasteiger partial charge in [0.1, 0.15) is 0 Å². The van der Waals surface area contributed by atoms with E-state index in [1.54, 1.807) is 4.68 Å². The molecule has 3 aromatic rings. The van der Waals surface area contributed by atoms with Gasteiger partial charge in [-0.15, -0.1) is 0 Å². The molecule has 104 valence electrons. The van der Waals surface area contributed by atoms with E-state index in [1.807, 2.05) is 44.0 Å². The Balaban J connectivity index is 1.95. The highest BCUT2D eigenvalue weighted by atomic mass is 15.3. The van der Waals surface area contributed by atoms with Crippen molar-refractivity contribution in [3.8, 4) is 0 Å². The first-order chi connectivity index (χ1) is 9.56. The van der Waals surface area contributed by atoms with Crippen LogP contribution in [0.1, 0.15) is 23.0 Å². The molecule has 0 spiro atoms. The highest BCUT2D eigenvalue weighted by Crippen LogP contribution is 2.23. The van der Waals surface area contributed by atoms with Crippen LogP contribution in [0.2, 0.25) is 0 Å². The van der Waals surface area contributed by atoms with Gasteiger partial charge < -0.3 is 5.73 Å². The first kappa shape index (κ1) is 12.9. The maximum atomic E-state index is 6.34. The van der Waals surface area contributed by atoms with Crippen LogP contribution in [0.5, 0.6) is 0 Å². The van der Waals surface area contributed by atoms with Gasteiger partial charge in [0.05, 0.1) is 16.9 Å². The number of benzene rings is 1. The zero-order valence-electron chi connectivity index (χ0n) is 12.0. The van der Waals surface area contributed by atoms with Gasteiger partial charge in [-0.25, -0.2) is 0 Å². The number of nitrogens with two attached hydrogens (primary N) is 1. The Morgan fingerprint density at radius 3 is 2.65 bits per heavy atom. The second-order valence-electron chi connectivity index (χ2n) is 5.24. The standard InChI is InChI=1S/C15H19N5/c1-10-12(9-19(2)17-10)13(16)8-14-11-6-4-5-7-15(11)20(3)18-14/h4-7,9,13H,8,16H2,1-3H3. The summed E-state index contributed by atoms with van der Waals surface area (Å²) in [6.07, 6.45) is 2.71. The summed E-state index contributed by atoms with van der Waals surface area (Å²) in [7, 11) is 3.88. The van der Waals surface area contributed by atoms with Crippen LogP contribution < -0.4 is 5.73 Å². The molecule has 2 heterocycles. The van der Waals surface area contributed by atoms with Crippen LogP contribution >= 0.6 is 0 Å². The third kappa shape index (κ3) is 2.10. The third-order valence-corrected chi connectivity index (χ3v) is 3.70. The Bertz CT molecular complexity index is 753. The van der Waals surface area contributed by atoms with Gasteiger partial charge in [-0.2, -0.15) is 10.2 Å². The maximum Gasteiger partial charge on any atom is 0.0722 e. The fraction of sp³-hybridized carbons (Fsp3) is 0.333. The number of hydrogen-bond donors (Lipinski definition) is 1. The van der Waals surface area contributed by atoms with E-state index in [-0.39, 0.29) is 6.04 Å². The molecule has 1 atom stereocenters. The molecule has 0 fully saturated rings. The highest BCUT2D eigenvalue weighted by Gasteiger charge is 2.16. The summed E-state index contributed by atoms with van der Waals surface area (Å²) in [5.41, 5.74) is 10.6. The lowest BCUT2D eigenvalue weighted by atomic mass is 10.0.